The zero-order valence-electron chi connectivity index (χ0n) is 14.3. The predicted molar refractivity (Wildman–Crippen MR) is 89.7 cm³/mol. The van der Waals surface area contributed by atoms with E-state index in [-0.39, 0.29) is 47.6 Å². The largest absolute Gasteiger partial charge is 0.508 e. The van der Waals surface area contributed by atoms with Crippen molar-refractivity contribution in [3.05, 3.63) is 34.9 Å². The van der Waals surface area contributed by atoms with Gasteiger partial charge in [0, 0.05) is 18.9 Å². The Morgan fingerprint density at radius 1 is 1.16 bits per heavy atom. The van der Waals surface area contributed by atoms with E-state index in [0.717, 1.165) is 18.9 Å². The minimum absolute atomic E-state index is 0.0597. The van der Waals surface area contributed by atoms with E-state index in [0.29, 0.717) is 17.5 Å². The highest BCUT2D eigenvalue weighted by molar-refractivity contribution is 5.99. The highest BCUT2D eigenvalue weighted by Crippen LogP contribution is 2.35. The van der Waals surface area contributed by atoms with Gasteiger partial charge in [0.05, 0.1) is 12.2 Å². The number of fused-ring (bicyclic) bond motifs is 2. The number of aromatic hydroxyl groups is 2. The number of carbonyl (C=O) groups is 2. The number of allylic oxidation sites excluding steroid dienone is 2. The number of benzene rings is 1. The number of hydrogen-bond acceptors (Lipinski definition) is 6. The van der Waals surface area contributed by atoms with Crippen LogP contribution in [0, 0.1) is 6.92 Å². The highest BCUT2D eigenvalue weighted by Gasteiger charge is 2.39. The third-order valence-electron chi connectivity index (χ3n) is 4.71. The molecule has 2 heterocycles. The molecule has 25 heavy (non-hydrogen) atoms. The van der Waals surface area contributed by atoms with Crippen molar-refractivity contribution in [1.29, 1.82) is 0 Å². The topological polar surface area (TPSA) is 96.4 Å². The van der Waals surface area contributed by atoms with Crippen molar-refractivity contribution >= 4 is 11.8 Å². The fourth-order valence-corrected chi connectivity index (χ4v) is 3.22. The van der Waals surface area contributed by atoms with E-state index in [1.807, 2.05) is 0 Å². The number of hydrogen-bond donors (Lipinski definition) is 2. The van der Waals surface area contributed by atoms with Crippen LogP contribution in [0.15, 0.2) is 18.2 Å². The van der Waals surface area contributed by atoms with Crippen molar-refractivity contribution in [2.45, 2.75) is 57.8 Å². The fraction of sp³-hybridized carbons (Fsp3) is 0.474. The Kier molecular flexibility index (Phi) is 4.81. The summed E-state index contributed by atoms with van der Waals surface area (Å²) in [5.41, 5.74) is 0.619. The van der Waals surface area contributed by atoms with Crippen molar-refractivity contribution in [2.75, 3.05) is 0 Å². The van der Waals surface area contributed by atoms with Gasteiger partial charge in [-0.25, -0.2) is 4.79 Å². The normalized spacial score (nSPS) is 28.3. The van der Waals surface area contributed by atoms with E-state index in [1.165, 1.54) is 6.08 Å². The Labute approximate surface area is 146 Å². The van der Waals surface area contributed by atoms with Gasteiger partial charge in [-0.05, 0) is 43.9 Å². The molecular formula is C19H22O6. The van der Waals surface area contributed by atoms with Crippen LogP contribution in [0.5, 0.6) is 11.5 Å². The molecule has 3 atom stereocenters. The lowest BCUT2D eigenvalue weighted by atomic mass is 9.95. The second kappa shape index (κ2) is 6.88. The lowest BCUT2D eigenvalue weighted by Gasteiger charge is -2.17. The molecule has 0 bridgehead atoms. The van der Waals surface area contributed by atoms with Gasteiger partial charge in [0.15, 0.2) is 5.78 Å². The summed E-state index contributed by atoms with van der Waals surface area (Å²) in [6.45, 7) is 3.38. The number of rotatable bonds is 0. The van der Waals surface area contributed by atoms with Crippen molar-refractivity contribution in [2.24, 2.45) is 0 Å². The van der Waals surface area contributed by atoms with Crippen LogP contribution in [-0.4, -0.2) is 40.3 Å². The van der Waals surface area contributed by atoms with Crippen LogP contribution in [0.2, 0.25) is 0 Å². The lowest BCUT2D eigenvalue weighted by Crippen LogP contribution is -2.20. The molecule has 134 valence electrons. The number of ether oxygens (including phenoxy) is 2. The van der Waals surface area contributed by atoms with Crippen molar-refractivity contribution < 1.29 is 29.3 Å². The Hall–Kier alpha value is -2.34. The number of epoxide rings is 1. The number of ketones is 1. The minimum atomic E-state index is -0.700. The van der Waals surface area contributed by atoms with E-state index in [9.17, 15) is 19.8 Å². The number of esters is 1. The lowest BCUT2D eigenvalue weighted by molar-refractivity contribution is -0.114. The Balaban J connectivity index is 1.98. The molecule has 0 radical (unpaired) electrons. The predicted octanol–water partition coefficient (Wildman–Crippen LogP) is 2.57. The maximum Gasteiger partial charge on any atom is 0.342 e. The first-order valence-corrected chi connectivity index (χ1v) is 8.47. The van der Waals surface area contributed by atoms with Crippen molar-refractivity contribution in [1.82, 2.24) is 0 Å². The van der Waals surface area contributed by atoms with Crippen LogP contribution in [0.4, 0.5) is 0 Å². The average molecular weight is 346 g/mol. The zero-order chi connectivity index (χ0) is 18.1. The van der Waals surface area contributed by atoms with Crippen LogP contribution in [0.1, 0.15) is 47.7 Å². The monoisotopic (exact) mass is 346 g/mol. The molecule has 1 aromatic carbocycles. The molecule has 1 saturated heterocycles. The minimum Gasteiger partial charge on any atom is -0.508 e. The van der Waals surface area contributed by atoms with Crippen molar-refractivity contribution in [3.63, 3.8) is 0 Å². The Bertz CT molecular complexity index is 736. The summed E-state index contributed by atoms with van der Waals surface area (Å²) in [4.78, 5) is 24.8. The number of cyclic esters (lactones) is 1. The van der Waals surface area contributed by atoms with Gasteiger partial charge in [-0.3, -0.25) is 4.79 Å². The van der Waals surface area contributed by atoms with Crippen LogP contribution in [-0.2, 0) is 20.7 Å². The standard InChI is InChI=1S/C19H22O6/c1-10-7-17-16(25-17)6-4-3-5-12(20)8-13-11(2)14(21)9-15(22)18(13)19(23)24-10/h3,5,9-10,16-17,21-22H,4,6-8H2,1-2H3/b5-3+/t10-,16-,17+/m1/s1. The average Bonchev–Trinajstić information content (AvgIpc) is 3.25. The summed E-state index contributed by atoms with van der Waals surface area (Å²) in [7, 11) is 0. The first kappa shape index (κ1) is 17.5. The van der Waals surface area contributed by atoms with Gasteiger partial charge in [0.1, 0.15) is 23.2 Å². The zero-order valence-corrected chi connectivity index (χ0v) is 14.3. The molecule has 6 heteroatoms. The molecule has 2 aliphatic heterocycles. The van der Waals surface area contributed by atoms with Crippen LogP contribution >= 0.6 is 0 Å². The molecule has 0 aromatic heterocycles. The van der Waals surface area contributed by atoms with Crippen LogP contribution in [0.25, 0.3) is 0 Å². The molecule has 0 saturated carbocycles. The summed E-state index contributed by atoms with van der Waals surface area (Å²) in [6.07, 6.45) is 5.15. The molecule has 0 aliphatic carbocycles. The Morgan fingerprint density at radius 3 is 2.68 bits per heavy atom. The molecule has 1 fully saturated rings. The second-order valence-electron chi connectivity index (χ2n) is 6.68. The highest BCUT2D eigenvalue weighted by atomic mass is 16.6. The quantitative estimate of drug-likeness (QED) is 0.554. The molecule has 2 aliphatic rings. The van der Waals surface area contributed by atoms with Gasteiger partial charge in [0.2, 0.25) is 0 Å². The van der Waals surface area contributed by atoms with Gasteiger partial charge >= 0.3 is 5.97 Å². The molecule has 0 amide bonds. The molecule has 6 nitrogen and oxygen atoms in total. The molecule has 3 rings (SSSR count). The smallest absolute Gasteiger partial charge is 0.342 e. The van der Waals surface area contributed by atoms with Crippen LogP contribution in [0.3, 0.4) is 0 Å². The number of phenols is 2. The van der Waals surface area contributed by atoms with E-state index in [2.05, 4.69) is 0 Å². The summed E-state index contributed by atoms with van der Waals surface area (Å²) in [5, 5.41) is 20.1. The maximum atomic E-state index is 12.6. The first-order valence-electron chi connectivity index (χ1n) is 8.47. The number of carbonyl (C=O) groups excluding carboxylic acids is 2. The Morgan fingerprint density at radius 2 is 1.92 bits per heavy atom. The van der Waals surface area contributed by atoms with Crippen LogP contribution < -0.4 is 0 Å². The van der Waals surface area contributed by atoms with E-state index in [4.69, 9.17) is 9.47 Å². The molecule has 1 aromatic rings. The summed E-state index contributed by atoms with van der Waals surface area (Å²) in [5.74, 6) is -1.46. The summed E-state index contributed by atoms with van der Waals surface area (Å²) >= 11 is 0. The SMILES string of the molecule is Cc1c(O)cc(O)c2c1CC(=O)/C=C/CC[C@H]1O[C@H]1C[C@@H](C)OC2=O. The van der Waals surface area contributed by atoms with Gasteiger partial charge in [-0.15, -0.1) is 0 Å². The van der Waals surface area contributed by atoms with E-state index in [1.54, 1.807) is 19.9 Å². The third-order valence-corrected chi connectivity index (χ3v) is 4.71. The van der Waals surface area contributed by atoms with E-state index < -0.39 is 5.97 Å². The van der Waals surface area contributed by atoms with Crippen molar-refractivity contribution in [3.8, 4) is 11.5 Å². The molecular weight excluding hydrogens is 324 g/mol. The molecule has 0 spiro atoms. The van der Waals surface area contributed by atoms with Gasteiger partial charge in [0.25, 0.3) is 0 Å². The molecule has 2 N–H and O–H groups in total. The number of phenolic OH excluding ortho intramolecular Hbond substituents is 2. The third kappa shape index (κ3) is 3.85. The maximum absolute atomic E-state index is 12.6. The summed E-state index contributed by atoms with van der Waals surface area (Å²) in [6, 6.07) is 1.10. The van der Waals surface area contributed by atoms with E-state index >= 15 is 0 Å². The van der Waals surface area contributed by atoms with Gasteiger partial charge in [-0.1, -0.05) is 6.08 Å². The molecule has 0 unspecified atom stereocenters. The second-order valence-corrected chi connectivity index (χ2v) is 6.68. The fourth-order valence-electron chi connectivity index (χ4n) is 3.22. The van der Waals surface area contributed by atoms with Gasteiger partial charge in [-0.2, -0.15) is 0 Å². The van der Waals surface area contributed by atoms with Gasteiger partial charge < -0.3 is 19.7 Å². The first-order chi connectivity index (χ1) is 11.9. The summed E-state index contributed by atoms with van der Waals surface area (Å²) < 4.78 is 11.0.